The molecule has 2 aromatic carbocycles. The normalized spacial score (nSPS) is 11.0. The van der Waals surface area contributed by atoms with Gasteiger partial charge in [-0.25, -0.2) is 4.79 Å². The average Bonchev–Trinajstić information content (AvgIpc) is 2.59. The zero-order valence-electron chi connectivity index (χ0n) is 13.3. The lowest BCUT2D eigenvalue weighted by atomic mass is 10.4. The molecule has 4 heteroatoms. The molecule has 0 fully saturated rings. The average molecular weight is 328 g/mol. The lowest BCUT2D eigenvalue weighted by molar-refractivity contribution is -0.138. The molecule has 23 heavy (non-hydrogen) atoms. The van der Waals surface area contributed by atoms with Gasteiger partial charge in [0.15, 0.2) is 0 Å². The van der Waals surface area contributed by atoms with E-state index < -0.39 is 13.1 Å². The number of hydrogen-bond acceptors (Lipinski definition) is 3. The Morgan fingerprint density at radius 1 is 1.00 bits per heavy atom. The first-order valence-corrected chi connectivity index (χ1v) is 9.46. The fourth-order valence-corrected chi connectivity index (χ4v) is 5.02. The lowest BCUT2D eigenvalue weighted by Crippen LogP contribution is -2.19. The van der Waals surface area contributed by atoms with E-state index in [1.54, 1.807) is 6.92 Å². The molecule has 120 valence electrons. The van der Waals surface area contributed by atoms with E-state index in [2.05, 4.69) is 6.58 Å². The monoisotopic (exact) mass is 328 g/mol. The molecule has 0 N–H and O–H groups in total. The largest absolute Gasteiger partial charge is 0.462 e. The van der Waals surface area contributed by atoms with Crippen LogP contribution < -0.4 is 10.6 Å². The van der Waals surface area contributed by atoms with E-state index in [-0.39, 0.29) is 6.61 Å². The van der Waals surface area contributed by atoms with Crippen molar-refractivity contribution in [1.29, 1.82) is 0 Å². The van der Waals surface area contributed by atoms with Crippen molar-refractivity contribution in [3.05, 3.63) is 72.8 Å². The van der Waals surface area contributed by atoms with Gasteiger partial charge in [0.25, 0.3) is 0 Å². The van der Waals surface area contributed by atoms with Gasteiger partial charge in [-0.15, -0.1) is 0 Å². The van der Waals surface area contributed by atoms with Gasteiger partial charge in [-0.2, -0.15) is 0 Å². The van der Waals surface area contributed by atoms with E-state index in [4.69, 9.17) is 4.74 Å². The third-order valence-electron chi connectivity index (χ3n) is 3.55. The van der Waals surface area contributed by atoms with E-state index in [9.17, 15) is 9.36 Å². The molecule has 0 radical (unpaired) electrons. The first kappa shape index (κ1) is 17.2. The summed E-state index contributed by atoms with van der Waals surface area (Å²) in [7, 11) is -2.72. The molecule has 0 saturated carbocycles. The van der Waals surface area contributed by atoms with Crippen LogP contribution in [0.1, 0.15) is 13.3 Å². The Balaban J connectivity index is 2.15. The number of ether oxygens (including phenoxy) is 1. The fourth-order valence-electron chi connectivity index (χ4n) is 2.32. The molecule has 0 atom stereocenters. The molecule has 0 spiro atoms. The number of hydrogen-bond donors (Lipinski definition) is 0. The van der Waals surface area contributed by atoms with Gasteiger partial charge in [0.2, 0.25) is 0 Å². The maximum Gasteiger partial charge on any atom is 0.333 e. The van der Waals surface area contributed by atoms with Crippen LogP contribution in [0, 0.1) is 0 Å². The van der Waals surface area contributed by atoms with Crippen molar-refractivity contribution in [2.24, 2.45) is 0 Å². The summed E-state index contributed by atoms with van der Waals surface area (Å²) in [6, 6.07) is 19.0. The topological polar surface area (TPSA) is 43.4 Å². The van der Waals surface area contributed by atoms with Gasteiger partial charge in [0.1, 0.15) is 7.14 Å². The molecule has 0 aliphatic carbocycles. The Labute approximate surface area is 137 Å². The van der Waals surface area contributed by atoms with Gasteiger partial charge in [-0.05, 0) is 13.3 Å². The fraction of sp³-hybridized carbons (Fsp3) is 0.211. The standard InChI is InChI=1S/C19H21O3P/c1-16(2)19(20)22-14-9-15-23(21,17-10-5-3-6-11-17)18-12-7-4-8-13-18/h3-8,10-13H,1,9,14-15H2,2H3. The second-order valence-electron chi connectivity index (χ2n) is 5.40. The van der Waals surface area contributed by atoms with Crippen LogP contribution in [0.5, 0.6) is 0 Å². The van der Waals surface area contributed by atoms with Crippen molar-refractivity contribution >= 4 is 23.7 Å². The second kappa shape index (κ2) is 7.94. The summed E-state index contributed by atoms with van der Waals surface area (Å²) in [5.74, 6) is -0.403. The summed E-state index contributed by atoms with van der Waals surface area (Å²) in [4.78, 5) is 11.4. The third kappa shape index (κ3) is 4.43. The maximum atomic E-state index is 13.6. The van der Waals surface area contributed by atoms with Crippen LogP contribution in [0.25, 0.3) is 0 Å². The maximum absolute atomic E-state index is 13.6. The van der Waals surface area contributed by atoms with Crippen LogP contribution in [-0.4, -0.2) is 18.7 Å². The highest BCUT2D eigenvalue weighted by Crippen LogP contribution is 2.43. The van der Waals surface area contributed by atoms with Crippen molar-refractivity contribution in [1.82, 2.24) is 0 Å². The number of carbonyl (C=O) groups is 1. The Kier molecular flexibility index (Phi) is 5.95. The predicted octanol–water partition coefficient (Wildman–Crippen LogP) is 3.51. The van der Waals surface area contributed by atoms with E-state index in [0.717, 1.165) is 10.6 Å². The van der Waals surface area contributed by atoms with E-state index >= 15 is 0 Å². The summed E-state index contributed by atoms with van der Waals surface area (Å²) in [5, 5.41) is 1.66. The third-order valence-corrected chi connectivity index (χ3v) is 6.76. The molecule has 0 aliphatic heterocycles. The zero-order chi connectivity index (χ0) is 16.7. The Bertz CT molecular complexity index is 664. The first-order valence-electron chi connectivity index (χ1n) is 7.57. The molecule has 0 heterocycles. The highest BCUT2D eigenvalue weighted by atomic mass is 31.2. The minimum Gasteiger partial charge on any atom is -0.462 e. The van der Waals surface area contributed by atoms with Crippen LogP contribution in [0.2, 0.25) is 0 Å². The quantitative estimate of drug-likeness (QED) is 0.338. The molecule has 0 aliphatic rings. The van der Waals surface area contributed by atoms with Gasteiger partial charge in [0.05, 0.1) is 6.61 Å². The van der Waals surface area contributed by atoms with Crippen LogP contribution in [0.15, 0.2) is 72.8 Å². The summed E-state index contributed by atoms with van der Waals surface area (Å²) >= 11 is 0. The van der Waals surface area contributed by atoms with E-state index in [1.165, 1.54) is 0 Å². The molecule has 0 amide bonds. The molecule has 3 nitrogen and oxygen atoms in total. The van der Waals surface area contributed by atoms with Gasteiger partial charge in [0, 0.05) is 22.3 Å². The Morgan fingerprint density at radius 3 is 1.91 bits per heavy atom. The molecule has 0 unspecified atom stereocenters. The van der Waals surface area contributed by atoms with Crippen LogP contribution in [0.3, 0.4) is 0 Å². The van der Waals surface area contributed by atoms with Gasteiger partial charge in [-0.3, -0.25) is 0 Å². The van der Waals surface area contributed by atoms with E-state index in [1.807, 2.05) is 60.7 Å². The summed E-state index contributed by atoms with van der Waals surface area (Å²) < 4.78 is 18.7. The van der Waals surface area contributed by atoms with Crippen LogP contribution >= 0.6 is 7.14 Å². The summed E-state index contributed by atoms with van der Waals surface area (Å²) in [6.45, 7) is 5.41. The molecule has 2 aromatic rings. The van der Waals surface area contributed by atoms with Gasteiger partial charge < -0.3 is 9.30 Å². The SMILES string of the molecule is C=C(C)C(=O)OCCCP(=O)(c1ccccc1)c1ccccc1. The predicted molar refractivity (Wildman–Crippen MR) is 95.0 cm³/mol. The van der Waals surface area contributed by atoms with E-state index in [0.29, 0.717) is 18.2 Å². The number of carbonyl (C=O) groups excluding carboxylic acids is 1. The molecule has 0 aromatic heterocycles. The number of rotatable bonds is 7. The highest BCUT2D eigenvalue weighted by molar-refractivity contribution is 7.78. The van der Waals surface area contributed by atoms with Crippen molar-refractivity contribution in [2.75, 3.05) is 12.8 Å². The lowest BCUT2D eigenvalue weighted by Gasteiger charge is -2.19. The zero-order valence-corrected chi connectivity index (χ0v) is 14.2. The number of benzene rings is 2. The van der Waals surface area contributed by atoms with Crippen molar-refractivity contribution in [2.45, 2.75) is 13.3 Å². The first-order chi connectivity index (χ1) is 11.0. The summed E-state index contributed by atoms with van der Waals surface area (Å²) in [5.41, 5.74) is 0.374. The minimum absolute atomic E-state index is 0.245. The molecule has 0 bridgehead atoms. The Morgan fingerprint density at radius 2 is 1.48 bits per heavy atom. The smallest absolute Gasteiger partial charge is 0.333 e. The Hall–Kier alpha value is -2.12. The number of esters is 1. The molecule has 2 rings (SSSR count). The molecular weight excluding hydrogens is 307 g/mol. The van der Waals surface area contributed by atoms with Gasteiger partial charge in [-0.1, -0.05) is 67.2 Å². The van der Waals surface area contributed by atoms with Crippen molar-refractivity contribution < 1.29 is 14.1 Å². The van der Waals surface area contributed by atoms with Gasteiger partial charge >= 0.3 is 5.97 Å². The second-order valence-corrected chi connectivity index (χ2v) is 8.36. The molecular formula is C19H21O3P. The molecule has 0 saturated heterocycles. The van der Waals surface area contributed by atoms with Crippen LogP contribution in [0.4, 0.5) is 0 Å². The van der Waals surface area contributed by atoms with Crippen molar-refractivity contribution in [3.8, 4) is 0 Å². The summed E-state index contributed by atoms with van der Waals surface area (Å²) in [6.07, 6.45) is 1.00. The minimum atomic E-state index is -2.72. The highest BCUT2D eigenvalue weighted by Gasteiger charge is 2.26. The van der Waals surface area contributed by atoms with Crippen LogP contribution in [-0.2, 0) is 14.1 Å². The van der Waals surface area contributed by atoms with Crippen molar-refractivity contribution in [3.63, 3.8) is 0 Å².